The second-order valence-corrected chi connectivity index (χ2v) is 7.71. The number of aromatic amines is 1. The van der Waals surface area contributed by atoms with Crippen LogP contribution in [0.4, 0.5) is 24.7 Å². The van der Waals surface area contributed by atoms with E-state index >= 15 is 0 Å². The average molecular weight is 476 g/mol. The third-order valence-corrected chi connectivity index (χ3v) is 5.07. The molecule has 178 valence electrons. The zero-order valence-corrected chi connectivity index (χ0v) is 17.8. The van der Waals surface area contributed by atoms with Crippen LogP contribution in [0.15, 0.2) is 33.8 Å². The summed E-state index contributed by atoms with van der Waals surface area (Å²) in [5, 5.41) is 20.6. The van der Waals surface area contributed by atoms with Crippen LogP contribution < -0.4 is 15.8 Å². The summed E-state index contributed by atoms with van der Waals surface area (Å²) >= 11 is 0. The Labute approximate surface area is 190 Å². The molecule has 2 N–H and O–H groups in total. The first-order chi connectivity index (χ1) is 16.2. The molecule has 34 heavy (non-hydrogen) atoms. The second kappa shape index (κ2) is 9.48. The smallest absolute Gasteiger partial charge is 0.378 e. The Morgan fingerprint density at radius 2 is 2.18 bits per heavy atom. The molecule has 0 aliphatic carbocycles. The topological polar surface area (TPSA) is 146 Å². The Morgan fingerprint density at radius 1 is 1.38 bits per heavy atom. The summed E-state index contributed by atoms with van der Waals surface area (Å²) in [5.74, 6) is 1.58. The highest BCUT2D eigenvalue weighted by atomic mass is 19.4. The van der Waals surface area contributed by atoms with E-state index in [1.165, 1.54) is 6.20 Å². The minimum absolute atomic E-state index is 0.0172. The molecule has 3 aromatic heterocycles. The van der Waals surface area contributed by atoms with Crippen LogP contribution >= 0.6 is 0 Å². The lowest BCUT2D eigenvalue weighted by Gasteiger charge is -2.38. The molecule has 4 rings (SSSR count). The number of hydrogen-bond acceptors (Lipinski definition) is 10. The van der Waals surface area contributed by atoms with E-state index in [0.717, 1.165) is 12.0 Å². The third kappa shape index (κ3) is 5.15. The van der Waals surface area contributed by atoms with Gasteiger partial charge in [0, 0.05) is 25.3 Å². The first kappa shape index (κ1) is 23.2. The SMILES string of the molecule is CC(COCc1nc(C2CN(c3ccc(C#N)cn3)C2)no1)Nc1cn[nH]c(=O)c1C(F)(F)F. The zero-order chi connectivity index (χ0) is 24.3. The standard InChI is InChI=1S/C20H19F3N8O3/c1-11(27-14-6-26-29-19(32)17(14)20(21,22)23)9-33-10-16-28-18(30-34-16)13-7-31(8-13)15-3-2-12(4-24)5-25-15/h2-3,5-6,11,13H,7-10H2,1H3,(H2,27,29,32). The molecular formula is C20H19F3N8O3. The molecule has 4 heterocycles. The molecule has 11 nitrogen and oxygen atoms in total. The lowest BCUT2D eigenvalue weighted by atomic mass is 9.99. The number of anilines is 2. The molecule has 1 aliphatic heterocycles. The fourth-order valence-corrected chi connectivity index (χ4v) is 3.38. The van der Waals surface area contributed by atoms with Gasteiger partial charge in [-0.1, -0.05) is 5.16 Å². The summed E-state index contributed by atoms with van der Waals surface area (Å²) < 4.78 is 50.0. The van der Waals surface area contributed by atoms with Crippen molar-refractivity contribution in [1.29, 1.82) is 5.26 Å². The van der Waals surface area contributed by atoms with Gasteiger partial charge in [0.2, 0.25) is 0 Å². The van der Waals surface area contributed by atoms with Crippen molar-refractivity contribution in [1.82, 2.24) is 25.3 Å². The summed E-state index contributed by atoms with van der Waals surface area (Å²) in [6.45, 7) is 2.88. The van der Waals surface area contributed by atoms with Gasteiger partial charge in [-0.05, 0) is 19.1 Å². The van der Waals surface area contributed by atoms with Crippen molar-refractivity contribution in [3.8, 4) is 6.07 Å². The van der Waals surface area contributed by atoms with Crippen molar-refractivity contribution < 1.29 is 22.4 Å². The van der Waals surface area contributed by atoms with Crippen molar-refractivity contribution in [2.75, 3.05) is 29.9 Å². The number of pyridine rings is 1. The van der Waals surface area contributed by atoms with E-state index in [9.17, 15) is 18.0 Å². The average Bonchev–Trinajstić information content (AvgIpc) is 3.20. The Bertz CT molecular complexity index is 1230. The van der Waals surface area contributed by atoms with Gasteiger partial charge < -0.3 is 19.5 Å². The highest BCUT2D eigenvalue weighted by Gasteiger charge is 2.37. The molecule has 1 unspecified atom stereocenters. The first-order valence-electron chi connectivity index (χ1n) is 10.2. The van der Waals surface area contributed by atoms with Gasteiger partial charge in [-0.2, -0.15) is 28.5 Å². The summed E-state index contributed by atoms with van der Waals surface area (Å²) in [6.07, 6.45) is -2.41. The van der Waals surface area contributed by atoms with Gasteiger partial charge in [0.25, 0.3) is 11.4 Å². The molecule has 0 radical (unpaired) electrons. The van der Waals surface area contributed by atoms with Gasteiger partial charge >= 0.3 is 6.18 Å². The largest absolute Gasteiger partial charge is 0.423 e. The first-order valence-corrected chi connectivity index (χ1v) is 10.2. The molecule has 0 bridgehead atoms. The number of rotatable bonds is 8. The van der Waals surface area contributed by atoms with E-state index in [4.69, 9.17) is 14.5 Å². The number of aromatic nitrogens is 5. The van der Waals surface area contributed by atoms with Crippen molar-refractivity contribution in [2.45, 2.75) is 31.7 Å². The zero-order valence-electron chi connectivity index (χ0n) is 17.8. The van der Waals surface area contributed by atoms with Gasteiger partial charge in [-0.15, -0.1) is 0 Å². The predicted molar refractivity (Wildman–Crippen MR) is 111 cm³/mol. The predicted octanol–water partition coefficient (Wildman–Crippen LogP) is 2.06. The maximum absolute atomic E-state index is 13.1. The summed E-state index contributed by atoms with van der Waals surface area (Å²) in [6, 6.07) is 4.94. The molecule has 3 aromatic rings. The summed E-state index contributed by atoms with van der Waals surface area (Å²) in [7, 11) is 0. The van der Waals surface area contributed by atoms with Gasteiger partial charge in [0.15, 0.2) is 5.82 Å². The molecule has 0 amide bonds. The van der Waals surface area contributed by atoms with Crippen molar-refractivity contribution in [3.63, 3.8) is 0 Å². The Morgan fingerprint density at radius 3 is 2.85 bits per heavy atom. The maximum Gasteiger partial charge on any atom is 0.423 e. The summed E-state index contributed by atoms with van der Waals surface area (Å²) in [5.41, 5.74) is -2.61. The van der Waals surface area contributed by atoms with Crippen LogP contribution in [0.2, 0.25) is 0 Å². The second-order valence-electron chi connectivity index (χ2n) is 7.71. The van der Waals surface area contributed by atoms with E-state index < -0.39 is 29.0 Å². The number of hydrogen-bond donors (Lipinski definition) is 2. The molecule has 1 aliphatic rings. The molecule has 14 heteroatoms. The van der Waals surface area contributed by atoms with Crippen molar-refractivity contribution in [2.24, 2.45) is 0 Å². The number of nitrogens with zero attached hydrogens (tertiary/aromatic N) is 6. The van der Waals surface area contributed by atoms with Crippen LogP contribution in [0, 0.1) is 11.3 Å². The molecule has 1 saturated heterocycles. The minimum Gasteiger partial charge on any atom is -0.378 e. The Balaban J connectivity index is 1.25. The number of halogens is 3. The van der Waals surface area contributed by atoms with Gasteiger partial charge in [-0.3, -0.25) is 4.79 Å². The molecular weight excluding hydrogens is 457 g/mol. The fourth-order valence-electron chi connectivity index (χ4n) is 3.38. The van der Waals surface area contributed by atoms with E-state index in [1.54, 1.807) is 24.2 Å². The quantitative estimate of drug-likeness (QED) is 0.495. The number of nitriles is 1. The Kier molecular flexibility index (Phi) is 6.46. The number of ether oxygens (including phenoxy) is 1. The van der Waals surface area contributed by atoms with Crippen LogP contribution in [0.1, 0.15) is 35.7 Å². The van der Waals surface area contributed by atoms with Crippen LogP contribution in [-0.4, -0.2) is 51.1 Å². The van der Waals surface area contributed by atoms with Gasteiger partial charge in [0.1, 0.15) is 24.1 Å². The minimum atomic E-state index is -4.83. The lowest BCUT2D eigenvalue weighted by Crippen LogP contribution is -2.45. The molecule has 1 fully saturated rings. The molecule has 0 spiro atoms. The van der Waals surface area contributed by atoms with Crippen LogP contribution in [0.5, 0.6) is 0 Å². The maximum atomic E-state index is 13.1. The van der Waals surface area contributed by atoms with E-state index in [0.29, 0.717) is 24.5 Å². The normalized spacial score (nSPS) is 15.0. The molecule has 1 atom stereocenters. The van der Waals surface area contributed by atoms with E-state index in [-0.39, 0.29) is 25.0 Å². The Hall–Kier alpha value is -3.99. The van der Waals surface area contributed by atoms with Crippen LogP contribution in [0.25, 0.3) is 0 Å². The fraction of sp³-hybridized carbons (Fsp3) is 0.400. The summed E-state index contributed by atoms with van der Waals surface area (Å²) in [4.78, 5) is 22.1. The van der Waals surface area contributed by atoms with Crippen LogP contribution in [0.3, 0.4) is 0 Å². The van der Waals surface area contributed by atoms with Gasteiger partial charge in [-0.25, -0.2) is 10.1 Å². The molecule has 0 aromatic carbocycles. The molecule has 0 saturated carbocycles. The van der Waals surface area contributed by atoms with Gasteiger partial charge in [0.05, 0.1) is 30.0 Å². The van der Waals surface area contributed by atoms with Crippen molar-refractivity contribution >= 4 is 11.5 Å². The highest BCUT2D eigenvalue weighted by Crippen LogP contribution is 2.32. The lowest BCUT2D eigenvalue weighted by molar-refractivity contribution is -0.138. The van der Waals surface area contributed by atoms with E-state index in [2.05, 4.69) is 25.5 Å². The number of H-pyrrole nitrogens is 1. The monoisotopic (exact) mass is 476 g/mol. The van der Waals surface area contributed by atoms with Crippen molar-refractivity contribution in [3.05, 3.63) is 57.7 Å². The third-order valence-electron chi connectivity index (χ3n) is 5.07. The highest BCUT2D eigenvalue weighted by molar-refractivity contribution is 5.50. The van der Waals surface area contributed by atoms with E-state index in [1.807, 2.05) is 11.0 Å². The van der Waals surface area contributed by atoms with Crippen LogP contribution in [-0.2, 0) is 17.5 Å². The number of alkyl halides is 3. The number of nitrogens with one attached hydrogen (secondary N) is 2.